The molecule has 0 radical (unpaired) electrons. The van der Waals surface area contributed by atoms with E-state index >= 15 is 0 Å². The van der Waals surface area contributed by atoms with E-state index in [9.17, 15) is 4.79 Å². The van der Waals surface area contributed by atoms with Crippen molar-refractivity contribution in [3.05, 3.63) is 83.2 Å². The number of hydrogen-bond acceptors (Lipinski definition) is 5. The van der Waals surface area contributed by atoms with Crippen LogP contribution in [0.25, 0.3) is 0 Å². The van der Waals surface area contributed by atoms with Crippen LogP contribution in [0.4, 0.5) is 11.6 Å². The highest BCUT2D eigenvalue weighted by Gasteiger charge is 2.19. The first kappa shape index (κ1) is 16.7. The Labute approximate surface area is 157 Å². The van der Waals surface area contributed by atoms with Crippen LogP contribution < -0.4 is 10.2 Å². The van der Waals surface area contributed by atoms with Crippen LogP contribution in [0, 0.1) is 11.3 Å². The number of carbonyl (C=O) groups excluding carboxylic acids is 1. The van der Waals surface area contributed by atoms with Crippen molar-refractivity contribution >= 4 is 17.5 Å². The molecule has 0 fully saturated rings. The summed E-state index contributed by atoms with van der Waals surface area (Å²) in [5.74, 6) is 0.248. The predicted octanol–water partition coefficient (Wildman–Crippen LogP) is 3.16. The second-order valence-corrected chi connectivity index (χ2v) is 6.33. The third-order valence-electron chi connectivity index (χ3n) is 4.56. The molecule has 27 heavy (non-hydrogen) atoms. The summed E-state index contributed by atoms with van der Waals surface area (Å²) in [5, 5.41) is 11.6. The Morgan fingerprint density at radius 1 is 1.07 bits per heavy atom. The molecule has 0 bridgehead atoms. The summed E-state index contributed by atoms with van der Waals surface area (Å²) in [5.41, 5.74) is 4.08. The molecule has 2 aromatic carbocycles. The van der Waals surface area contributed by atoms with Gasteiger partial charge < -0.3 is 10.2 Å². The average Bonchev–Trinajstić information content (AvgIpc) is 2.74. The molecule has 4 rings (SSSR count). The summed E-state index contributed by atoms with van der Waals surface area (Å²) in [6, 6.07) is 18.7. The van der Waals surface area contributed by atoms with E-state index in [4.69, 9.17) is 5.26 Å². The van der Waals surface area contributed by atoms with Crippen LogP contribution in [0.15, 0.2) is 60.8 Å². The number of hydrogen-bond donors (Lipinski definition) is 1. The minimum absolute atomic E-state index is 0.305. The Hall–Kier alpha value is -3.72. The second-order valence-electron chi connectivity index (χ2n) is 6.33. The number of nitrogens with one attached hydrogen (secondary N) is 1. The van der Waals surface area contributed by atoms with E-state index in [0.717, 1.165) is 19.5 Å². The molecule has 1 N–H and O–H groups in total. The molecule has 2 heterocycles. The van der Waals surface area contributed by atoms with Crippen molar-refractivity contribution in [2.24, 2.45) is 0 Å². The number of aromatic nitrogens is 2. The Kier molecular flexibility index (Phi) is 4.50. The molecular formula is C21H17N5O. The molecule has 1 aromatic heterocycles. The molecule has 0 saturated carbocycles. The Balaban J connectivity index is 1.50. The van der Waals surface area contributed by atoms with E-state index in [0.29, 0.717) is 22.9 Å². The molecule has 1 amide bonds. The molecule has 3 aromatic rings. The van der Waals surface area contributed by atoms with Gasteiger partial charge in [-0.2, -0.15) is 5.26 Å². The van der Waals surface area contributed by atoms with Crippen LogP contribution in [-0.4, -0.2) is 22.4 Å². The summed E-state index contributed by atoms with van der Waals surface area (Å²) in [7, 11) is 0. The van der Waals surface area contributed by atoms with E-state index in [1.807, 2.05) is 6.07 Å². The zero-order valence-corrected chi connectivity index (χ0v) is 14.6. The molecule has 0 aliphatic carbocycles. The number of nitriles is 1. The lowest BCUT2D eigenvalue weighted by Gasteiger charge is -2.28. The highest BCUT2D eigenvalue weighted by atomic mass is 16.1. The second kappa shape index (κ2) is 7.26. The lowest BCUT2D eigenvalue weighted by atomic mass is 10.0. The van der Waals surface area contributed by atoms with E-state index in [1.54, 1.807) is 36.5 Å². The van der Waals surface area contributed by atoms with Gasteiger partial charge in [-0.15, -0.1) is 0 Å². The smallest absolute Gasteiger partial charge is 0.274 e. The Bertz CT molecular complexity index is 1020. The standard InChI is InChI=1S/C21H17N5O/c22-13-15-5-7-18(8-6-15)24-20(27)19-9-11-23-21(25-19)26-12-10-16-3-1-2-4-17(16)14-26/h1-9,11H,10,12,14H2,(H,24,27). The first-order valence-electron chi connectivity index (χ1n) is 8.69. The fourth-order valence-corrected chi connectivity index (χ4v) is 3.12. The van der Waals surface area contributed by atoms with Crippen molar-refractivity contribution in [1.82, 2.24) is 9.97 Å². The van der Waals surface area contributed by atoms with Gasteiger partial charge in [0.2, 0.25) is 5.95 Å². The van der Waals surface area contributed by atoms with Crippen LogP contribution in [0.3, 0.4) is 0 Å². The molecule has 6 heteroatoms. The molecule has 0 spiro atoms. The van der Waals surface area contributed by atoms with Gasteiger partial charge >= 0.3 is 0 Å². The zero-order valence-electron chi connectivity index (χ0n) is 14.6. The minimum Gasteiger partial charge on any atom is -0.336 e. The molecule has 1 aliphatic rings. The van der Waals surface area contributed by atoms with E-state index < -0.39 is 0 Å². The SMILES string of the molecule is N#Cc1ccc(NC(=O)c2ccnc(N3CCc4ccccc4C3)n2)cc1. The third kappa shape index (κ3) is 3.62. The van der Waals surface area contributed by atoms with Gasteiger partial charge in [-0.1, -0.05) is 24.3 Å². The number of carbonyl (C=O) groups is 1. The zero-order chi connectivity index (χ0) is 18.6. The first-order chi connectivity index (χ1) is 13.2. The number of benzene rings is 2. The van der Waals surface area contributed by atoms with Gasteiger partial charge in [-0.05, 0) is 47.9 Å². The van der Waals surface area contributed by atoms with Crippen molar-refractivity contribution in [3.63, 3.8) is 0 Å². The van der Waals surface area contributed by atoms with Gasteiger partial charge in [0.25, 0.3) is 5.91 Å². The van der Waals surface area contributed by atoms with Crippen molar-refractivity contribution in [1.29, 1.82) is 5.26 Å². The van der Waals surface area contributed by atoms with Gasteiger partial charge in [-0.25, -0.2) is 9.97 Å². The van der Waals surface area contributed by atoms with Crippen LogP contribution in [0.2, 0.25) is 0 Å². The van der Waals surface area contributed by atoms with Crippen LogP contribution in [-0.2, 0) is 13.0 Å². The lowest BCUT2D eigenvalue weighted by Crippen LogP contribution is -2.32. The van der Waals surface area contributed by atoms with E-state index in [1.165, 1.54) is 11.1 Å². The number of anilines is 2. The summed E-state index contributed by atoms with van der Waals surface area (Å²) >= 11 is 0. The van der Waals surface area contributed by atoms with Crippen molar-refractivity contribution in [2.45, 2.75) is 13.0 Å². The summed E-state index contributed by atoms with van der Waals surface area (Å²) in [4.78, 5) is 23.4. The monoisotopic (exact) mass is 355 g/mol. The molecule has 0 unspecified atom stereocenters. The van der Waals surface area contributed by atoms with Crippen molar-refractivity contribution in [2.75, 3.05) is 16.8 Å². The molecule has 1 aliphatic heterocycles. The predicted molar refractivity (Wildman–Crippen MR) is 102 cm³/mol. The Morgan fingerprint density at radius 3 is 2.63 bits per heavy atom. The van der Waals surface area contributed by atoms with E-state index in [2.05, 4.69) is 44.5 Å². The van der Waals surface area contributed by atoms with Gasteiger partial charge in [0.1, 0.15) is 5.69 Å². The number of fused-ring (bicyclic) bond motifs is 1. The van der Waals surface area contributed by atoms with Crippen molar-refractivity contribution < 1.29 is 4.79 Å². The van der Waals surface area contributed by atoms with Gasteiger partial charge in [0.15, 0.2) is 0 Å². The fraction of sp³-hybridized carbons (Fsp3) is 0.143. The van der Waals surface area contributed by atoms with Gasteiger partial charge in [0.05, 0.1) is 11.6 Å². The van der Waals surface area contributed by atoms with Gasteiger partial charge in [-0.3, -0.25) is 4.79 Å². The topological polar surface area (TPSA) is 81.9 Å². The maximum Gasteiger partial charge on any atom is 0.274 e. The fourth-order valence-electron chi connectivity index (χ4n) is 3.12. The Morgan fingerprint density at radius 2 is 1.85 bits per heavy atom. The van der Waals surface area contributed by atoms with Gasteiger partial charge in [0, 0.05) is 25.0 Å². The molecule has 0 atom stereocenters. The average molecular weight is 355 g/mol. The first-order valence-corrected chi connectivity index (χ1v) is 8.69. The quantitative estimate of drug-likeness (QED) is 0.780. The van der Waals surface area contributed by atoms with E-state index in [-0.39, 0.29) is 5.91 Å². The summed E-state index contributed by atoms with van der Waals surface area (Å²) in [6.45, 7) is 1.55. The van der Waals surface area contributed by atoms with Crippen LogP contribution in [0.1, 0.15) is 27.2 Å². The molecular weight excluding hydrogens is 338 g/mol. The maximum atomic E-state index is 12.5. The molecule has 6 nitrogen and oxygen atoms in total. The highest BCUT2D eigenvalue weighted by molar-refractivity contribution is 6.03. The number of nitrogens with zero attached hydrogens (tertiary/aromatic N) is 4. The lowest BCUT2D eigenvalue weighted by molar-refractivity contribution is 0.102. The molecule has 132 valence electrons. The molecule has 0 saturated heterocycles. The number of amides is 1. The van der Waals surface area contributed by atoms with Crippen LogP contribution >= 0.6 is 0 Å². The summed E-state index contributed by atoms with van der Waals surface area (Å²) in [6.07, 6.45) is 2.54. The third-order valence-corrected chi connectivity index (χ3v) is 4.56. The minimum atomic E-state index is -0.305. The van der Waals surface area contributed by atoms with Crippen LogP contribution in [0.5, 0.6) is 0 Å². The normalized spacial score (nSPS) is 12.8. The summed E-state index contributed by atoms with van der Waals surface area (Å²) < 4.78 is 0. The number of rotatable bonds is 3. The maximum absolute atomic E-state index is 12.5. The largest absolute Gasteiger partial charge is 0.336 e. The van der Waals surface area contributed by atoms with Crippen molar-refractivity contribution in [3.8, 4) is 6.07 Å². The highest BCUT2D eigenvalue weighted by Crippen LogP contribution is 2.22.